The van der Waals surface area contributed by atoms with Crippen LogP contribution in [0.3, 0.4) is 0 Å². The summed E-state index contributed by atoms with van der Waals surface area (Å²) in [5, 5.41) is 7.09. The first-order chi connectivity index (χ1) is 12.9. The number of rotatable bonds is 10. The number of carbonyl (C=O) groups is 2. The minimum absolute atomic E-state index is 0.102. The molecule has 0 saturated carbocycles. The monoisotopic (exact) mass is 371 g/mol. The Labute approximate surface area is 162 Å². The number of unbranched alkanes of at least 4 members (excludes halogenated alkanes) is 2. The van der Waals surface area contributed by atoms with Crippen LogP contribution in [0, 0.1) is 5.92 Å². The highest BCUT2D eigenvalue weighted by atomic mass is 16.2. The van der Waals surface area contributed by atoms with Crippen LogP contribution in [0.15, 0.2) is 30.5 Å². The van der Waals surface area contributed by atoms with Gasteiger partial charge in [0.1, 0.15) is 6.04 Å². The number of H-pyrrole nitrogens is 1. The summed E-state index contributed by atoms with van der Waals surface area (Å²) in [5.74, 6) is -0.378. The number of para-hydroxylation sites is 1. The first-order valence-corrected chi connectivity index (χ1v) is 10.1. The highest BCUT2D eigenvalue weighted by molar-refractivity contribution is 5.90. The number of hydrogen-bond donors (Lipinski definition) is 3. The number of amides is 2. The summed E-state index contributed by atoms with van der Waals surface area (Å²) in [4.78, 5) is 28.4. The minimum Gasteiger partial charge on any atom is -0.361 e. The van der Waals surface area contributed by atoms with E-state index in [1.54, 1.807) is 0 Å². The van der Waals surface area contributed by atoms with Gasteiger partial charge in [0.2, 0.25) is 11.8 Å². The summed E-state index contributed by atoms with van der Waals surface area (Å²) in [6.07, 6.45) is 6.78. The average Bonchev–Trinajstić information content (AvgIpc) is 3.04. The third kappa shape index (κ3) is 6.12. The number of hydrogen-bond acceptors (Lipinski definition) is 2. The highest BCUT2D eigenvalue weighted by Crippen LogP contribution is 2.19. The van der Waals surface area contributed by atoms with Gasteiger partial charge < -0.3 is 15.6 Å². The van der Waals surface area contributed by atoms with E-state index in [4.69, 9.17) is 0 Å². The Morgan fingerprint density at radius 1 is 1.04 bits per heavy atom. The third-order valence-electron chi connectivity index (χ3n) is 4.89. The van der Waals surface area contributed by atoms with Crippen molar-refractivity contribution >= 4 is 22.7 Å². The van der Waals surface area contributed by atoms with Crippen LogP contribution in [0.4, 0.5) is 0 Å². The van der Waals surface area contributed by atoms with Gasteiger partial charge >= 0.3 is 0 Å². The van der Waals surface area contributed by atoms with E-state index in [0.29, 0.717) is 6.42 Å². The summed E-state index contributed by atoms with van der Waals surface area (Å²) in [6.45, 7) is 7.87. The van der Waals surface area contributed by atoms with Gasteiger partial charge in [-0.05, 0) is 25.0 Å². The summed E-state index contributed by atoms with van der Waals surface area (Å²) < 4.78 is 0. The molecule has 5 nitrogen and oxygen atoms in total. The Morgan fingerprint density at radius 3 is 2.48 bits per heavy atom. The van der Waals surface area contributed by atoms with Crippen molar-refractivity contribution in [2.24, 2.45) is 5.92 Å². The third-order valence-corrected chi connectivity index (χ3v) is 4.89. The molecule has 148 valence electrons. The molecular formula is C22H33N3O2. The Kier molecular flexibility index (Phi) is 7.89. The molecule has 0 aliphatic carbocycles. The normalized spacial score (nSPS) is 13.5. The van der Waals surface area contributed by atoms with Gasteiger partial charge in [-0.15, -0.1) is 0 Å². The van der Waals surface area contributed by atoms with Crippen molar-refractivity contribution < 1.29 is 9.59 Å². The molecule has 2 aromatic rings. The van der Waals surface area contributed by atoms with E-state index in [2.05, 4.69) is 22.5 Å². The van der Waals surface area contributed by atoms with Gasteiger partial charge in [0.25, 0.3) is 0 Å². The van der Waals surface area contributed by atoms with E-state index in [9.17, 15) is 9.59 Å². The molecule has 1 aromatic carbocycles. The van der Waals surface area contributed by atoms with Crippen LogP contribution in [0.1, 0.15) is 58.9 Å². The van der Waals surface area contributed by atoms with Crippen molar-refractivity contribution in [1.82, 2.24) is 15.6 Å². The van der Waals surface area contributed by atoms with Crippen molar-refractivity contribution in [1.29, 1.82) is 0 Å². The second-order valence-electron chi connectivity index (χ2n) is 7.68. The summed E-state index contributed by atoms with van der Waals surface area (Å²) in [5.41, 5.74) is 2.07. The molecule has 1 heterocycles. The van der Waals surface area contributed by atoms with Crippen molar-refractivity contribution in [3.8, 4) is 0 Å². The molecule has 0 fully saturated rings. The predicted molar refractivity (Wildman–Crippen MR) is 111 cm³/mol. The zero-order valence-electron chi connectivity index (χ0n) is 17.0. The maximum atomic E-state index is 12.9. The fraction of sp³-hybridized carbons (Fsp3) is 0.545. The van der Waals surface area contributed by atoms with Crippen LogP contribution < -0.4 is 10.6 Å². The predicted octanol–water partition coefficient (Wildman–Crippen LogP) is 3.94. The SMILES string of the molecule is CCCCCC(C)NC(=O)C(Cc1c[nH]c2ccccc12)NC(=O)C(C)C. The number of carbonyl (C=O) groups excluding carboxylic acids is 2. The van der Waals surface area contributed by atoms with Gasteiger partial charge in [-0.1, -0.05) is 58.2 Å². The molecule has 0 bridgehead atoms. The lowest BCUT2D eigenvalue weighted by atomic mass is 10.0. The second kappa shape index (κ2) is 10.1. The van der Waals surface area contributed by atoms with Crippen molar-refractivity contribution in [2.45, 2.75) is 71.9 Å². The molecule has 27 heavy (non-hydrogen) atoms. The molecule has 0 saturated heterocycles. The van der Waals surface area contributed by atoms with E-state index < -0.39 is 6.04 Å². The van der Waals surface area contributed by atoms with Crippen molar-refractivity contribution in [3.05, 3.63) is 36.0 Å². The summed E-state index contributed by atoms with van der Waals surface area (Å²) in [6, 6.07) is 7.53. The van der Waals surface area contributed by atoms with E-state index in [-0.39, 0.29) is 23.8 Å². The summed E-state index contributed by atoms with van der Waals surface area (Å²) in [7, 11) is 0. The molecule has 0 aliphatic rings. The maximum absolute atomic E-state index is 12.9. The summed E-state index contributed by atoms with van der Waals surface area (Å²) >= 11 is 0. The Morgan fingerprint density at radius 2 is 1.78 bits per heavy atom. The minimum atomic E-state index is -0.576. The lowest BCUT2D eigenvalue weighted by Crippen LogP contribution is -2.51. The van der Waals surface area contributed by atoms with Crippen LogP contribution in [0.2, 0.25) is 0 Å². The smallest absolute Gasteiger partial charge is 0.243 e. The van der Waals surface area contributed by atoms with E-state index in [0.717, 1.165) is 35.7 Å². The van der Waals surface area contributed by atoms with Gasteiger partial charge in [0.15, 0.2) is 0 Å². The number of benzene rings is 1. The van der Waals surface area contributed by atoms with Crippen LogP contribution in [0.5, 0.6) is 0 Å². The maximum Gasteiger partial charge on any atom is 0.243 e. The van der Waals surface area contributed by atoms with Crippen LogP contribution in [0.25, 0.3) is 10.9 Å². The number of nitrogens with one attached hydrogen (secondary N) is 3. The van der Waals surface area contributed by atoms with Crippen molar-refractivity contribution in [2.75, 3.05) is 0 Å². The zero-order chi connectivity index (χ0) is 19.8. The lowest BCUT2D eigenvalue weighted by molar-refractivity contribution is -0.130. The highest BCUT2D eigenvalue weighted by Gasteiger charge is 2.24. The number of aromatic amines is 1. The lowest BCUT2D eigenvalue weighted by Gasteiger charge is -2.22. The van der Waals surface area contributed by atoms with Gasteiger partial charge in [-0.2, -0.15) is 0 Å². The van der Waals surface area contributed by atoms with Crippen LogP contribution in [-0.4, -0.2) is 28.9 Å². The number of fused-ring (bicyclic) bond motifs is 1. The van der Waals surface area contributed by atoms with E-state index in [1.165, 1.54) is 6.42 Å². The molecule has 5 heteroatoms. The number of aromatic nitrogens is 1. The van der Waals surface area contributed by atoms with Crippen molar-refractivity contribution in [3.63, 3.8) is 0 Å². The molecule has 2 atom stereocenters. The topological polar surface area (TPSA) is 74.0 Å². The van der Waals surface area contributed by atoms with Crippen LogP contribution in [-0.2, 0) is 16.0 Å². The van der Waals surface area contributed by atoms with E-state index in [1.807, 2.05) is 51.2 Å². The molecule has 0 aliphatic heterocycles. The molecule has 1 aromatic heterocycles. The first-order valence-electron chi connectivity index (χ1n) is 10.1. The molecule has 2 unspecified atom stereocenters. The molecule has 0 spiro atoms. The zero-order valence-corrected chi connectivity index (χ0v) is 17.0. The Balaban J connectivity index is 2.10. The largest absolute Gasteiger partial charge is 0.361 e. The fourth-order valence-corrected chi connectivity index (χ4v) is 3.18. The fourth-order valence-electron chi connectivity index (χ4n) is 3.18. The molecule has 2 amide bonds. The standard InChI is InChI=1S/C22H33N3O2/c1-5-6-7-10-16(4)24-22(27)20(25-21(26)15(2)3)13-17-14-23-19-12-9-8-11-18(17)19/h8-9,11-12,14-16,20,23H,5-7,10,13H2,1-4H3,(H,24,27)(H,25,26). The van der Waals surface area contributed by atoms with Gasteiger partial charge in [-0.3, -0.25) is 9.59 Å². The average molecular weight is 372 g/mol. The Hall–Kier alpha value is -2.30. The molecule has 3 N–H and O–H groups in total. The second-order valence-corrected chi connectivity index (χ2v) is 7.68. The molecule has 0 radical (unpaired) electrons. The van der Waals surface area contributed by atoms with Gasteiger partial charge in [-0.25, -0.2) is 0 Å². The van der Waals surface area contributed by atoms with Crippen LogP contribution >= 0.6 is 0 Å². The first kappa shape index (κ1) is 21.0. The quantitative estimate of drug-likeness (QED) is 0.554. The molecule has 2 rings (SSSR count). The van der Waals surface area contributed by atoms with Gasteiger partial charge in [0, 0.05) is 35.5 Å². The Bertz CT molecular complexity index is 751. The van der Waals surface area contributed by atoms with E-state index >= 15 is 0 Å². The molecular weight excluding hydrogens is 338 g/mol. The van der Waals surface area contributed by atoms with Gasteiger partial charge in [0.05, 0.1) is 0 Å².